The van der Waals surface area contributed by atoms with Crippen molar-refractivity contribution in [2.75, 3.05) is 18.0 Å². The summed E-state index contributed by atoms with van der Waals surface area (Å²) >= 11 is 0. The topological polar surface area (TPSA) is 56.8 Å². The molecule has 104 valence electrons. The quantitative estimate of drug-likeness (QED) is 0.823. The fourth-order valence-electron chi connectivity index (χ4n) is 4.81. The zero-order valence-corrected chi connectivity index (χ0v) is 11.6. The maximum Gasteiger partial charge on any atom is 0.157 e. The number of nitrogens with one attached hydrogen (secondary N) is 2. The SMILES string of the molecule is Cc1nc(N2[C@@H]3CC[C@H]2[C@H]2CNC[C@H]23)c2[nH]ccc2n1. The fraction of sp³-hybridized carbons (Fsp3) is 0.600. The Morgan fingerprint density at radius 3 is 2.65 bits per heavy atom. The first-order valence-electron chi connectivity index (χ1n) is 7.64. The Morgan fingerprint density at radius 2 is 1.90 bits per heavy atom. The van der Waals surface area contributed by atoms with Crippen molar-refractivity contribution in [2.45, 2.75) is 31.8 Å². The predicted molar refractivity (Wildman–Crippen MR) is 77.8 cm³/mol. The molecular formula is C15H19N5. The molecule has 3 aliphatic heterocycles. The van der Waals surface area contributed by atoms with Crippen LogP contribution in [0.5, 0.6) is 0 Å². The molecule has 0 aliphatic carbocycles. The summed E-state index contributed by atoms with van der Waals surface area (Å²) in [5.41, 5.74) is 2.16. The number of fused-ring (bicyclic) bond motifs is 6. The Balaban J connectivity index is 1.67. The van der Waals surface area contributed by atoms with Crippen LogP contribution >= 0.6 is 0 Å². The Morgan fingerprint density at radius 1 is 1.15 bits per heavy atom. The van der Waals surface area contributed by atoms with Crippen LogP contribution in [0.1, 0.15) is 18.7 Å². The molecule has 5 heteroatoms. The zero-order valence-electron chi connectivity index (χ0n) is 11.6. The molecule has 0 radical (unpaired) electrons. The first-order chi connectivity index (χ1) is 9.83. The van der Waals surface area contributed by atoms with Crippen LogP contribution in [-0.2, 0) is 0 Å². The molecule has 0 unspecified atom stereocenters. The highest BCUT2D eigenvalue weighted by Crippen LogP contribution is 2.49. The van der Waals surface area contributed by atoms with Crippen molar-refractivity contribution in [3.05, 3.63) is 18.1 Å². The van der Waals surface area contributed by atoms with Gasteiger partial charge < -0.3 is 15.2 Å². The van der Waals surface area contributed by atoms with E-state index in [2.05, 4.69) is 20.2 Å². The third-order valence-electron chi connectivity index (χ3n) is 5.51. The minimum absolute atomic E-state index is 0.667. The van der Waals surface area contributed by atoms with Crippen molar-refractivity contribution in [2.24, 2.45) is 11.8 Å². The molecule has 0 aromatic carbocycles. The van der Waals surface area contributed by atoms with Gasteiger partial charge in [0.2, 0.25) is 0 Å². The van der Waals surface area contributed by atoms with Crippen LogP contribution in [0.4, 0.5) is 5.82 Å². The van der Waals surface area contributed by atoms with E-state index in [1.165, 1.54) is 25.9 Å². The maximum absolute atomic E-state index is 4.79. The summed E-state index contributed by atoms with van der Waals surface area (Å²) in [6, 6.07) is 3.38. The first-order valence-corrected chi connectivity index (χ1v) is 7.64. The van der Waals surface area contributed by atoms with Crippen LogP contribution in [0.2, 0.25) is 0 Å². The molecule has 5 heterocycles. The zero-order chi connectivity index (χ0) is 13.3. The van der Waals surface area contributed by atoms with Gasteiger partial charge in [-0.25, -0.2) is 9.97 Å². The van der Waals surface area contributed by atoms with E-state index in [9.17, 15) is 0 Å². The van der Waals surface area contributed by atoms with Gasteiger partial charge in [-0.1, -0.05) is 0 Å². The number of nitrogens with zero attached hydrogens (tertiary/aromatic N) is 3. The average molecular weight is 269 g/mol. The highest BCUT2D eigenvalue weighted by atomic mass is 15.3. The standard InChI is InChI=1S/C15H19N5/c1-8-18-11-4-5-17-14(11)15(19-8)20-12-2-3-13(20)10-7-16-6-9(10)12/h4-5,9-10,12-13,16-17H,2-3,6-7H2,1H3/t9-,10+,12-,13+. The van der Waals surface area contributed by atoms with Crippen LogP contribution in [-0.4, -0.2) is 40.1 Å². The van der Waals surface area contributed by atoms with Gasteiger partial charge in [0.05, 0.1) is 5.52 Å². The van der Waals surface area contributed by atoms with Crippen LogP contribution in [0.15, 0.2) is 12.3 Å². The number of hydrogen-bond donors (Lipinski definition) is 2. The Bertz CT molecular complexity index is 660. The Kier molecular flexibility index (Phi) is 2.06. The lowest BCUT2D eigenvalue weighted by Gasteiger charge is -2.26. The van der Waals surface area contributed by atoms with Gasteiger partial charge in [0.1, 0.15) is 11.3 Å². The number of anilines is 1. The van der Waals surface area contributed by atoms with Gasteiger partial charge >= 0.3 is 0 Å². The lowest BCUT2D eigenvalue weighted by molar-refractivity contribution is 0.354. The molecule has 3 saturated heterocycles. The average Bonchev–Trinajstić information content (AvgIpc) is 3.18. The second-order valence-electron chi connectivity index (χ2n) is 6.44. The van der Waals surface area contributed by atoms with E-state index in [4.69, 9.17) is 4.98 Å². The normalized spacial score (nSPS) is 35.1. The molecule has 0 amide bonds. The highest BCUT2D eigenvalue weighted by molar-refractivity contribution is 5.87. The number of H-pyrrole nitrogens is 1. The lowest BCUT2D eigenvalue weighted by atomic mass is 9.82. The van der Waals surface area contributed by atoms with Crippen molar-refractivity contribution in [1.82, 2.24) is 20.3 Å². The molecule has 0 saturated carbocycles. The summed E-state index contributed by atoms with van der Waals surface area (Å²) in [4.78, 5) is 15.3. The first kappa shape index (κ1) is 11.1. The second-order valence-corrected chi connectivity index (χ2v) is 6.44. The molecule has 2 aromatic rings. The summed E-state index contributed by atoms with van der Waals surface area (Å²) in [5, 5.41) is 3.57. The molecule has 0 spiro atoms. The minimum atomic E-state index is 0.667. The van der Waals surface area contributed by atoms with Gasteiger partial charge in [-0.3, -0.25) is 0 Å². The molecule has 5 nitrogen and oxygen atoms in total. The van der Waals surface area contributed by atoms with Crippen molar-refractivity contribution >= 4 is 16.9 Å². The number of aryl methyl sites for hydroxylation is 1. The smallest absolute Gasteiger partial charge is 0.157 e. The van der Waals surface area contributed by atoms with E-state index in [1.54, 1.807) is 0 Å². The van der Waals surface area contributed by atoms with Gasteiger partial charge in [-0.15, -0.1) is 0 Å². The van der Waals surface area contributed by atoms with Crippen LogP contribution in [0.3, 0.4) is 0 Å². The number of hydrogen-bond acceptors (Lipinski definition) is 4. The van der Waals surface area contributed by atoms with Gasteiger partial charge in [0, 0.05) is 31.4 Å². The molecular weight excluding hydrogens is 250 g/mol. The molecule has 2 bridgehead atoms. The maximum atomic E-state index is 4.79. The van der Waals surface area contributed by atoms with E-state index in [0.717, 1.165) is 34.5 Å². The molecule has 2 N–H and O–H groups in total. The predicted octanol–water partition coefficient (Wildman–Crippen LogP) is 1.45. The van der Waals surface area contributed by atoms with Crippen molar-refractivity contribution in [3.8, 4) is 0 Å². The van der Waals surface area contributed by atoms with Gasteiger partial charge in [-0.05, 0) is 37.7 Å². The third-order valence-corrected chi connectivity index (χ3v) is 5.51. The lowest BCUT2D eigenvalue weighted by Crippen LogP contribution is -2.35. The molecule has 3 aliphatic rings. The summed E-state index contributed by atoms with van der Waals surface area (Å²) in [7, 11) is 0. The largest absolute Gasteiger partial charge is 0.357 e. The molecule has 3 fully saturated rings. The van der Waals surface area contributed by atoms with Crippen molar-refractivity contribution in [3.63, 3.8) is 0 Å². The van der Waals surface area contributed by atoms with E-state index in [1.807, 2.05) is 19.2 Å². The summed E-state index contributed by atoms with van der Waals surface area (Å²) in [5.74, 6) is 3.64. The summed E-state index contributed by atoms with van der Waals surface area (Å²) < 4.78 is 0. The van der Waals surface area contributed by atoms with E-state index >= 15 is 0 Å². The van der Waals surface area contributed by atoms with Gasteiger partial charge in [0.15, 0.2) is 5.82 Å². The summed E-state index contributed by atoms with van der Waals surface area (Å²) in [6.07, 6.45) is 4.61. The molecule has 2 aromatic heterocycles. The Hall–Kier alpha value is -1.62. The number of aromatic amines is 1. The van der Waals surface area contributed by atoms with Crippen molar-refractivity contribution < 1.29 is 0 Å². The molecule has 4 atom stereocenters. The van der Waals surface area contributed by atoms with Crippen LogP contribution in [0.25, 0.3) is 11.0 Å². The number of aromatic nitrogens is 3. The Labute approximate surface area is 117 Å². The van der Waals surface area contributed by atoms with Gasteiger partial charge in [0.25, 0.3) is 0 Å². The molecule has 20 heavy (non-hydrogen) atoms. The van der Waals surface area contributed by atoms with Crippen LogP contribution in [0, 0.1) is 18.8 Å². The monoisotopic (exact) mass is 269 g/mol. The van der Waals surface area contributed by atoms with E-state index in [0.29, 0.717) is 12.1 Å². The molecule has 5 rings (SSSR count). The fourth-order valence-corrected chi connectivity index (χ4v) is 4.81. The number of rotatable bonds is 1. The summed E-state index contributed by atoms with van der Waals surface area (Å²) in [6.45, 7) is 4.36. The van der Waals surface area contributed by atoms with E-state index in [-0.39, 0.29) is 0 Å². The third kappa shape index (κ3) is 1.26. The van der Waals surface area contributed by atoms with Crippen molar-refractivity contribution in [1.29, 1.82) is 0 Å². The van der Waals surface area contributed by atoms with Gasteiger partial charge in [-0.2, -0.15) is 0 Å². The highest BCUT2D eigenvalue weighted by Gasteiger charge is 2.55. The van der Waals surface area contributed by atoms with Crippen LogP contribution < -0.4 is 10.2 Å². The minimum Gasteiger partial charge on any atom is -0.357 e. The second kappa shape index (κ2) is 3.73. The van der Waals surface area contributed by atoms with E-state index < -0.39 is 0 Å².